The van der Waals surface area contributed by atoms with Gasteiger partial charge in [0.15, 0.2) is 0 Å². The Morgan fingerprint density at radius 3 is 2.43 bits per heavy atom. The monoisotopic (exact) mass is 104 g/mol. The Morgan fingerprint density at radius 2 is 2.29 bits per heavy atom. The third kappa shape index (κ3) is 3.72. The Morgan fingerprint density at radius 1 is 1.71 bits per heavy atom. The van der Waals surface area contributed by atoms with Crippen molar-refractivity contribution in [3.63, 3.8) is 0 Å². The van der Waals surface area contributed by atoms with Crippen LogP contribution in [0.4, 0.5) is 0 Å². The maximum atomic E-state index is 6.78. The van der Waals surface area contributed by atoms with Gasteiger partial charge in [0.05, 0.1) is 0 Å². The summed E-state index contributed by atoms with van der Waals surface area (Å²) in [6.07, 6.45) is -0.801. The SMILES string of the molecule is CCOC([NH])OC. The zero-order chi connectivity index (χ0) is 5.70. The molecule has 0 aliphatic carbocycles. The van der Waals surface area contributed by atoms with E-state index in [9.17, 15) is 0 Å². The lowest BCUT2D eigenvalue weighted by molar-refractivity contribution is -0.120. The number of hydrogen-bond acceptors (Lipinski definition) is 2. The molecule has 1 radical (unpaired) electrons. The van der Waals surface area contributed by atoms with E-state index in [0.717, 1.165) is 0 Å². The molecule has 3 nitrogen and oxygen atoms in total. The van der Waals surface area contributed by atoms with Crippen molar-refractivity contribution in [2.24, 2.45) is 0 Å². The Labute approximate surface area is 43.4 Å². The third-order valence-corrected chi connectivity index (χ3v) is 0.532. The lowest BCUT2D eigenvalue weighted by Gasteiger charge is -2.05. The molecule has 0 aliphatic heterocycles. The molecule has 0 saturated heterocycles. The average Bonchev–Trinajstić information content (AvgIpc) is 1.68. The Hall–Kier alpha value is -0.120. The molecule has 3 heteroatoms. The molecule has 0 aromatic rings. The van der Waals surface area contributed by atoms with Crippen molar-refractivity contribution in [3.05, 3.63) is 0 Å². The fraction of sp³-hybridized carbons (Fsp3) is 1.00. The first-order chi connectivity index (χ1) is 3.31. The second kappa shape index (κ2) is 4.05. The fourth-order valence-corrected chi connectivity index (χ4v) is 0.219. The van der Waals surface area contributed by atoms with Gasteiger partial charge in [0.2, 0.25) is 6.41 Å². The Balaban J connectivity index is 2.83. The third-order valence-electron chi connectivity index (χ3n) is 0.532. The lowest BCUT2D eigenvalue weighted by Crippen LogP contribution is -2.15. The van der Waals surface area contributed by atoms with Gasteiger partial charge in [0.1, 0.15) is 0 Å². The van der Waals surface area contributed by atoms with Crippen molar-refractivity contribution < 1.29 is 9.47 Å². The van der Waals surface area contributed by atoms with Gasteiger partial charge in [-0.1, -0.05) is 0 Å². The van der Waals surface area contributed by atoms with E-state index < -0.39 is 6.41 Å². The molecule has 0 aromatic carbocycles. The van der Waals surface area contributed by atoms with Crippen LogP contribution in [0.5, 0.6) is 0 Å². The lowest BCUT2D eigenvalue weighted by atomic mass is 10.9. The first-order valence-corrected chi connectivity index (χ1v) is 2.16. The van der Waals surface area contributed by atoms with Gasteiger partial charge in [-0.15, -0.1) is 0 Å². The average molecular weight is 104 g/mol. The van der Waals surface area contributed by atoms with E-state index >= 15 is 0 Å². The van der Waals surface area contributed by atoms with Crippen LogP contribution < -0.4 is 5.73 Å². The van der Waals surface area contributed by atoms with Gasteiger partial charge in [-0.3, -0.25) is 0 Å². The van der Waals surface area contributed by atoms with E-state index in [1.165, 1.54) is 7.11 Å². The fourth-order valence-electron chi connectivity index (χ4n) is 0.219. The number of hydrogen-bond donors (Lipinski definition) is 0. The molecule has 1 atom stereocenters. The molecule has 1 unspecified atom stereocenters. The topological polar surface area (TPSA) is 42.3 Å². The van der Waals surface area contributed by atoms with Gasteiger partial charge in [-0.05, 0) is 6.92 Å². The van der Waals surface area contributed by atoms with E-state index in [-0.39, 0.29) is 0 Å². The Bertz CT molecular complexity index is 40.7. The Kier molecular flexibility index (Phi) is 3.98. The van der Waals surface area contributed by atoms with Crippen molar-refractivity contribution in [1.29, 1.82) is 0 Å². The molecule has 43 valence electrons. The molecule has 0 aromatic heterocycles. The molecule has 0 fully saturated rings. The van der Waals surface area contributed by atoms with Crippen LogP contribution in [0, 0.1) is 0 Å². The summed E-state index contributed by atoms with van der Waals surface area (Å²) in [5, 5.41) is 0. The molecular formula is C4H10NO2. The summed E-state index contributed by atoms with van der Waals surface area (Å²) >= 11 is 0. The summed E-state index contributed by atoms with van der Waals surface area (Å²) in [6.45, 7) is 2.35. The van der Waals surface area contributed by atoms with Crippen LogP contribution in [-0.2, 0) is 9.47 Å². The zero-order valence-electron chi connectivity index (χ0n) is 4.60. The smallest absolute Gasteiger partial charge is 0.228 e. The highest BCUT2D eigenvalue weighted by atomic mass is 16.7. The van der Waals surface area contributed by atoms with Crippen LogP contribution in [0.15, 0.2) is 0 Å². The van der Waals surface area contributed by atoms with E-state index in [4.69, 9.17) is 5.73 Å². The highest BCUT2D eigenvalue weighted by molar-refractivity contribution is 4.18. The van der Waals surface area contributed by atoms with Crippen molar-refractivity contribution in [1.82, 2.24) is 5.73 Å². The van der Waals surface area contributed by atoms with Crippen LogP contribution in [-0.4, -0.2) is 20.1 Å². The molecule has 0 saturated carbocycles. The molecule has 0 aliphatic rings. The second-order valence-corrected chi connectivity index (χ2v) is 1.02. The molecule has 0 bridgehead atoms. The minimum Gasteiger partial charge on any atom is -0.342 e. The van der Waals surface area contributed by atoms with Gasteiger partial charge < -0.3 is 9.47 Å². The van der Waals surface area contributed by atoms with Crippen molar-refractivity contribution in [2.75, 3.05) is 13.7 Å². The molecule has 0 spiro atoms. The second-order valence-electron chi connectivity index (χ2n) is 1.02. The highest BCUT2D eigenvalue weighted by Gasteiger charge is 1.93. The summed E-state index contributed by atoms with van der Waals surface area (Å²) in [5.41, 5.74) is 6.78. The summed E-state index contributed by atoms with van der Waals surface area (Å²) in [6, 6.07) is 0. The molecule has 0 rings (SSSR count). The summed E-state index contributed by atoms with van der Waals surface area (Å²) < 4.78 is 9.07. The van der Waals surface area contributed by atoms with Crippen molar-refractivity contribution >= 4 is 0 Å². The summed E-state index contributed by atoms with van der Waals surface area (Å²) in [4.78, 5) is 0. The number of nitrogens with one attached hydrogen (secondary N) is 1. The zero-order valence-corrected chi connectivity index (χ0v) is 4.60. The molecular weight excluding hydrogens is 94.0 g/mol. The quantitative estimate of drug-likeness (QED) is 0.481. The van der Waals surface area contributed by atoms with Crippen molar-refractivity contribution in [2.45, 2.75) is 13.3 Å². The molecule has 0 amide bonds. The standard InChI is InChI=1S/C4H10NO2/c1-3-7-4(5)6-2/h4-5H,3H2,1-2H3. The van der Waals surface area contributed by atoms with Crippen LogP contribution in [0.3, 0.4) is 0 Å². The highest BCUT2D eigenvalue weighted by Crippen LogP contribution is 1.81. The predicted octanol–water partition coefficient (Wildman–Crippen LogP) is 0.236. The molecule has 7 heavy (non-hydrogen) atoms. The van der Waals surface area contributed by atoms with Crippen LogP contribution in [0.1, 0.15) is 6.92 Å². The van der Waals surface area contributed by atoms with Gasteiger partial charge in [0.25, 0.3) is 0 Å². The minimum absolute atomic E-state index is 0.530. The summed E-state index contributed by atoms with van der Waals surface area (Å²) in [5.74, 6) is 0. The van der Waals surface area contributed by atoms with E-state index in [0.29, 0.717) is 6.61 Å². The van der Waals surface area contributed by atoms with E-state index in [1.807, 2.05) is 6.92 Å². The number of ether oxygens (including phenoxy) is 2. The molecule has 0 heterocycles. The molecule has 1 N–H and O–H groups in total. The van der Waals surface area contributed by atoms with Gasteiger partial charge >= 0.3 is 0 Å². The minimum atomic E-state index is -0.801. The van der Waals surface area contributed by atoms with E-state index in [2.05, 4.69) is 9.47 Å². The largest absolute Gasteiger partial charge is 0.342 e. The van der Waals surface area contributed by atoms with Crippen LogP contribution >= 0.6 is 0 Å². The van der Waals surface area contributed by atoms with E-state index in [1.54, 1.807) is 0 Å². The normalized spacial score (nSPS) is 14.1. The maximum Gasteiger partial charge on any atom is 0.228 e. The first-order valence-electron chi connectivity index (χ1n) is 2.16. The maximum absolute atomic E-state index is 6.78. The van der Waals surface area contributed by atoms with Crippen LogP contribution in [0.2, 0.25) is 0 Å². The van der Waals surface area contributed by atoms with Crippen LogP contribution in [0.25, 0.3) is 0 Å². The van der Waals surface area contributed by atoms with Gasteiger partial charge in [-0.2, -0.15) is 0 Å². The first kappa shape index (κ1) is 6.88. The van der Waals surface area contributed by atoms with Gasteiger partial charge in [0, 0.05) is 13.7 Å². The predicted molar refractivity (Wildman–Crippen MR) is 25.5 cm³/mol. The number of methoxy groups -OCH3 is 1. The summed E-state index contributed by atoms with van der Waals surface area (Å²) in [7, 11) is 1.44. The van der Waals surface area contributed by atoms with Gasteiger partial charge in [-0.25, -0.2) is 5.73 Å². The van der Waals surface area contributed by atoms with Crippen molar-refractivity contribution in [3.8, 4) is 0 Å². The number of rotatable bonds is 3.